The molecule has 0 radical (unpaired) electrons. The maximum atomic E-state index is 13.1. The Kier molecular flexibility index (Phi) is 8.81. The van der Waals surface area contributed by atoms with Gasteiger partial charge in [-0.2, -0.15) is 0 Å². The highest BCUT2D eigenvalue weighted by Gasteiger charge is 2.20. The van der Waals surface area contributed by atoms with Gasteiger partial charge in [0.25, 0.3) is 5.91 Å². The van der Waals surface area contributed by atoms with Gasteiger partial charge in [0.1, 0.15) is 5.01 Å². The van der Waals surface area contributed by atoms with Crippen molar-refractivity contribution in [3.8, 4) is 27.8 Å². The summed E-state index contributed by atoms with van der Waals surface area (Å²) in [7, 11) is 0. The summed E-state index contributed by atoms with van der Waals surface area (Å²) in [6.07, 6.45) is 0. The lowest BCUT2D eigenvalue weighted by Gasteiger charge is -2.17. The number of rotatable bonds is 9. The third-order valence-corrected chi connectivity index (χ3v) is 6.66. The average Bonchev–Trinajstić information content (AvgIpc) is 3.31. The molecule has 0 atom stereocenters. The van der Waals surface area contributed by atoms with Gasteiger partial charge in [0, 0.05) is 16.1 Å². The number of nitrogens with one attached hydrogen (secondary N) is 2. The van der Waals surface area contributed by atoms with Gasteiger partial charge in [-0.05, 0) is 75.5 Å². The molecule has 7 nitrogen and oxygen atoms in total. The number of anilines is 1. The van der Waals surface area contributed by atoms with E-state index < -0.39 is 5.91 Å². The number of fused-ring (bicyclic) bond motifs is 1. The summed E-state index contributed by atoms with van der Waals surface area (Å²) in [6.45, 7) is 6.82. The number of hydrogen-bond donors (Lipinski definition) is 2. The number of thiocarbonyl (C=S) groups is 1. The van der Waals surface area contributed by atoms with Crippen molar-refractivity contribution in [2.45, 2.75) is 20.8 Å². The van der Waals surface area contributed by atoms with Gasteiger partial charge < -0.3 is 19.5 Å². The fourth-order valence-corrected chi connectivity index (χ4v) is 5.01. The van der Waals surface area contributed by atoms with Crippen molar-refractivity contribution in [2.75, 3.05) is 25.1 Å². The van der Waals surface area contributed by atoms with Crippen LogP contribution in [0.1, 0.15) is 31.1 Å². The Morgan fingerprint density at radius 3 is 2.30 bits per heavy atom. The number of hydrogen-bond acceptors (Lipinski definition) is 7. The number of benzene rings is 3. The molecule has 0 fully saturated rings. The summed E-state index contributed by atoms with van der Waals surface area (Å²) in [5.41, 5.74) is 2.67. The van der Waals surface area contributed by atoms with Crippen molar-refractivity contribution in [1.82, 2.24) is 10.3 Å². The van der Waals surface area contributed by atoms with Crippen molar-refractivity contribution in [1.29, 1.82) is 0 Å². The zero-order chi connectivity index (χ0) is 26.4. The molecule has 0 unspecified atom stereocenters. The van der Waals surface area contributed by atoms with Gasteiger partial charge in [0.2, 0.25) is 5.75 Å². The number of thiazole rings is 1. The van der Waals surface area contributed by atoms with Gasteiger partial charge in [-0.15, -0.1) is 11.3 Å². The second-order valence-electron chi connectivity index (χ2n) is 7.69. The molecule has 0 aliphatic heterocycles. The minimum atomic E-state index is -0.419. The van der Waals surface area contributed by atoms with Crippen molar-refractivity contribution in [2.24, 2.45) is 0 Å². The highest BCUT2D eigenvalue weighted by atomic mass is 35.5. The second kappa shape index (κ2) is 12.2. The summed E-state index contributed by atoms with van der Waals surface area (Å²) >= 11 is 13.3. The van der Waals surface area contributed by atoms with Gasteiger partial charge in [-0.1, -0.05) is 23.7 Å². The smallest absolute Gasteiger partial charge is 0.257 e. The molecule has 0 saturated carbocycles. The van der Waals surface area contributed by atoms with Crippen LogP contribution in [0.2, 0.25) is 5.02 Å². The molecular weight excluding hydrogens is 530 g/mol. The third kappa shape index (κ3) is 6.30. The molecule has 4 aromatic rings. The first kappa shape index (κ1) is 26.7. The molecule has 1 amide bonds. The van der Waals surface area contributed by atoms with E-state index in [2.05, 4.69) is 10.6 Å². The fraction of sp³-hybridized carbons (Fsp3) is 0.222. The number of nitrogens with zero attached hydrogens (tertiary/aromatic N) is 1. The van der Waals surface area contributed by atoms with Crippen LogP contribution >= 0.6 is 35.2 Å². The molecule has 0 aliphatic rings. The maximum Gasteiger partial charge on any atom is 0.257 e. The van der Waals surface area contributed by atoms with Crippen LogP contribution in [0, 0.1) is 0 Å². The minimum Gasteiger partial charge on any atom is -0.490 e. The lowest BCUT2D eigenvalue weighted by molar-refractivity contribution is 0.0976. The molecule has 0 saturated heterocycles. The zero-order valence-corrected chi connectivity index (χ0v) is 23.0. The van der Waals surface area contributed by atoms with Gasteiger partial charge in [-0.3, -0.25) is 10.1 Å². The first-order valence-electron chi connectivity index (χ1n) is 11.8. The number of ether oxygens (including phenoxy) is 3. The molecule has 37 heavy (non-hydrogen) atoms. The summed E-state index contributed by atoms with van der Waals surface area (Å²) in [6, 6.07) is 16.5. The first-order valence-corrected chi connectivity index (χ1v) is 13.4. The SMILES string of the molecule is CCOc1cc(C(=O)NC(=S)Nc2ccc(Cl)cc2-c2nc3ccccc3s2)cc(OCC)c1OCC. The molecule has 1 aromatic heterocycles. The molecule has 10 heteroatoms. The Bertz CT molecular complexity index is 1380. The highest BCUT2D eigenvalue weighted by molar-refractivity contribution is 7.80. The standard InChI is InChI=1S/C27H26ClN3O4S2/c1-4-33-21-13-16(14-22(34-5-2)24(21)35-6-3)25(32)31-27(36)30-19-12-11-17(28)15-18(19)26-29-20-9-7-8-10-23(20)37-26/h7-15H,4-6H2,1-3H3,(H2,30,31,32,36). The van der Waals surface area contributed by atoms with E-state index in [1.807, 2.05) is 51.1 Å². The lowest BCUT2D eigenvalue weighted by Crippen LogP contribution is -2.34. The number of amides is 1. The number of carbonyl (C=O) groups excluding carboxylic acids is 1. The Balaban J connectivity index is 1.58. The lowest BCUT2D eigenvalue weighted by atomic mass is 10.1. The van der Waals surface area contributed by atoms with E-state index in [9.17, 15) is 4.79 Å². The monoisotopic (exact) mass is 555 g/mol. The van der Waals surface area contributed by atoms with E-state index in [1.165, 1.54) is 0 Å². The number of para-hydroxylation sites is 1. The Hall–Kier alpha value is -3.40. The van der Waals surface area contributed by atoms with E-state index in [1.54, 1.807) is 35.6 Å². The van der Waals surface area contributed by atoms with Crippen LogP contribution in [0.4, 0.5) is 5.69 Å². The summed E-state index contributed by atoms with van der Waals surface area (Å²) in [5.74, 6) is 0.897. The quantitative estimate of drug-likeness (QED) is 0.216. The second-order valence-corrected chi connectivity index (χ2v) is 9.56. The molecule has 0 spiro atoms. The van der Waals surface area contributed by atoms with Crippen LogP contribution in [-0.2, 0) is 0 Å². The van der Waals surface area contributed by atoms with Crippen LogP contribution < -0.4 is 24.8 Å². The average molecular weight is 556 g/mol. The molecule has 3 aromatic carbocycles. The summed E-state index contributed by atoms with van der Waals surface area (Å²) in [4.78, 5) is 17.9. The predicted octanol–water partition coefficient (Wildman–Crippen LogP) is 6.94. The van der Waals surface area contributed by atoms with Gasteiger partial charge in [-0.25, -0.2) is 4.98 Å². The van der Waals surface area contributed by atoms with Crippen molar-refractivity contribution < 1.29 is 19.0 Å². The van der Waals surface area contributed by atoms with Crippen LogP contribution in [-0.4, -0.2) is 35.8 Å². The molecule has 0 aliphatic carbocycles. The predicted molar refractivity (Wildman–Crippen MR) is 154 cm³/mol. The molecule has 1 heterocycles. The third-order valence-electron chi connectivity index (χ3n) is 5.15. The van der Waals surface area contributed by atoms with Crippen molar-refractivity contribution in [3.05, 3.63) is 65.2 Å². The van der Waals surface area contributed by atoms with Gasteiger partial charge >= 0.3 is 0 Å². The molecular formula is C27H26ClN3O4S2. The van der Waals surface area contributed by atoms with Crippen LogP contribution in [0.3, 0.4) is 0 Å². The Morgan fingerprint density at radius 2 is 1.65 bits per heavy atom. The van der Waals surface area contributed by atoms with Gasteiger partial charge in [0.05, 0.1) is 35.7 Å². The molecule has 192 valence electrons. The minimum absolute atomic E-state index is 0.125. The van der Waals surface area contributed by atoms with Crippen LogP contribution in [0.5, 0.6) is 17.2 Å². The largest absolute Gasteiger partial charge is 0.490 e. The number of aromatic nitrogens is 1. The maximum absolute atomic E-state index is 13.1. The molecule has 0 bridgehead atoms. The zero-order valence-electron chi connectivity index (χ0n) is 20.6. The van der Waals surface area contributed by atoms with E-state index in [0.717, 1.165) is 20.8 Å². The van der Waals surface area contributed by atoms with E-state index in [0.29, 0.717) is 53.3 Å². The Morgan fingerprint density at radius 1 is 0.973 bits per heavy atom. The van der Waals surface area contributed by atoms with Crippen LogP contribution in [0.15, 0.2) is 54.6 Å². The first-order chi connectivity index (χ1) is 17.9. The van der Waals surface area contributed by atoms with Gasteiger partial charge in [0.15, 0.2) is 16.6 Å². The van der Waals surface area contributed by atoms with E-state index in [4.69, 9.17) is 43.0 Å². The summed E-state index contributed by atoms with van der Waals surface area (Å²) < 4.78 is 18.2. The van der Waals surface area contributed by atoms with E-state index >= 15 is 0 Å². The summed E-state index contributed by atoms with van der Waals surface area (Å²) in [5, 5.41) is 7.32. The van der Waals surface area contributed by atoms with Crippen molar-refractivity contribution in [3.63, 3.8) is 0 Å². The topological polar surface area (TPSA) is 81.7 Å². The molecule has 4 rings (SSSR count). The fourth-order valence-electron chi connectivity index (χ4n) is 3.64. The van der Waals surface area contributed by atoms with E-state index in [-0.39, 0.29) is 5.11 Å². The number of halogens is 1. The van der Waals surface area contributed by atoms with Crippen molar-refractivity contribution >= 4 is 62.1 Å². The van der Waals surface area contributed by atoms with Crippen LogP contribution in [0.25, 0.3) is 20.8 Å². The highest BCUT2D eigenvalue weighted by Crippen LogP contribution is 2.39. The Labute approximate surface area is 229 Å². The number of carbonyl (C=O) groups is 1. The molecule has 2 N–H and O–H groups in total. The normalized spacial score (nSPS) is 10.7.